The van der Waals surface area contributed by atoms with E-state index in [9.17, 15) is 9.59 Å². The average Bonchev–Trinajstić information content (AvgIpc) is 2.71. The zero-order chi connectivity index (χ0) is 23.0. The topological polar surface area (TPSA) is 74.4 Å². The summed E-state index contributed by atoms with van der Waals surface area (Å²) in [5.74, 6) is 1.59. The number of rotatable bonds is 9. The second kappa shape index (κ2) is 11.3. The van der Waals surface area contributed by atoms with Gasteiger partial charge in [-0.2, -0.15) is 0 Å². The molecule has 1 aliphatic heterocycles. The molecule has 0 saturated carbocycles. The molecule has 1 fully saturated rings. The van der Waals surface area contributed by atoms with Crippen LogP contribution in [0.1, 0.15) is 26.3 Å². The Hall–Kier alpha value is -2.32. The van der Waals surface area contributed by atoms with Crippen molar-refractivity contribution in [2.75, 3.05) is 67.1 Å². The number of likely N-dealkylation sites (N-methyl/N-ethyl adjacent to an activating group) is 1. The normalized spacial score (nSPS) is 15.1. The fourth-order valence-corrected chi connectivity index (χ4v) is 3.58. The molecule has 2 amide bonds. The Morgan fingerprint density at radius 1 is 1.06 bits per heavy atom. The van der Waals surface area contributed by atoms with Gasteiger partial charge < -0.3 is 19.7 Å². The van der Waals surface area contributed by atoms with Crippen LogP contribution in [0.3, 0.4) is 0 Å². The lowest BCUT2D eigenvalue weighted by atomic mass is 10.1. The number of amides is 2. The van der Waals surface area contributed by atoms with Crippen LogP contribution in [0, 0.1) is 0 Å². The average molecular weight is 435 g/mol. The van der Waals surface area contributed by atoms with E-state index in [1.165, 1.54) is 0 Å². The maximum atomic E-state index is 12.7. The third-order valence-electron chi connectivity index (χ3n) is 5.24. The lowest BCUT2D eigenvalue weighted by molar-refractivity contribution is -0.134. The van der Waals surface area contributed by atoms with E-state index in [4.69, 9.17) is 9.47 Å². The van der Waals surface area contributed by atoms with Gasteiger partial charge in [-0.25, -0.2) is 0 Å². The summed E-state index contributed by atoms with van der Waals surface area (Å²) in [6.07, 6.45) is 0.820. The predicted octanol–water partition coefficient (Wildman–Crippen LogP) is 1.24. The standard InChI is InChI=1S/C23H38N4O4/c1-23(2,3)24-21(28)16-26-11-13-27(14-12-26)22(29)17-25(4)10-9-18-7-8-19(30-5)20(15-18)31-6/h7-8,15H,9-14,16-17H2,1-6H3,(H,24,28). The van der Waals surface area contributed by atoms with Crippen LogP contribution in [-0.2, 0) is 16.0 Å². The van der Waals surface area contributed by atoms with Crippen LogP contribution in [0.4, 0.5) is 0 Å². The highest BCUT2D eigenvalue weighted by Crippen LogP contribution is 2.27. The maximum Gasteiger partial charge on any atom is 0.236 e. The van der Waals surface area contributed by atoms with Crippen molar-refractivity contribution in [1.29, 1.82) is 0 Å². The van der Waals surface area contributed by atoms with Crippen molar-refractivity contribution in [3.63, 3.8) is 0 Å². The van der Waals surface area contributed by atoms with Gasteiger partial charge in [0.15, 0.2) is 11.5 Å². The van der Waals surface area contributed by atoms with Crippen LogP contribution in [0.25, 0.3) is 0 Å². The first kappa shape index (κ1) is 24.9. The molecule has 0 aromatic heterocycles. The van der Waals surface area contributed by atoms with Gasteiger partial charge in [-0.3, -0.25) is 19.4 Å². The largest absolute Gasteiger partial charge is 0.493 e. The number of carbonyl (C=O) groups is 2. The molecule has 0 unspecified atom stereocenters. The summed E-state index contributed by atoms with van der Waals surface area (Å²) in [6.45, 7) is 10.2. The fourth-order valence-electron chi connectivity index (χ4n) is 3.58. The molecule has 2 rings (SSSR count). The summed E-state index contributed by atoms with van der Waals surface area (Å²) in [4.78, 5) is 30.8. The number of carbonyl (C=O) groups excluding carboxylic acids is 2. The van der Waals surface area contributed by atoms with Crippen LogP contribution in [0.2, 0.25) is 0 Å². The Morgan fingerprint density at radius 2 is 1.71 bits per heavy atom. The van der Waals surface area contributed by atoms with Crippen molar-refractivity contribution in [2.24, 2.45) is 0 Å². The fraction of sp³-hybridized carbons (Fsp3) is 0.652. The molecular weight excluding hydrogens is 396 g/mol. The first-order chi connectivity index (χ1) is 14.6. The number of methoxy groups -OCH3 is 2. The minimum atomic E-state index is -0.226. The second-order valence-corrected chi connectivity index (χ2v) is 9.13. The Labute approximate surface area is 186 Å². The number of nitrogens with zero attached hydrogens (tertiary/aromatic N) is 3. The van der Waals surface area contributed by atoms with Gasteiger partial charge in [0.1, 0.15) is 0 Å². The van der Waals surface area contributed by atoms with Gasteiger partial charge >= 0.3 is 0 Å². The molecule has 1 N–H and O–H groups in total. The number of hydrogen-bond donors (Lipinski definition) is 1. The molecule has 8 nitrogen and oxygen atoms in total. The molecule has 1 heterocycles. The maximum absolute atomic E-state index is 12.7. The highest BCUT2D eigenvalue weighted by molar-refractivity contribution is 5.79. The third kappa shape index (κ3) is 8.38. The van der Waals surface area contributed by atoms with Crippen LogP contribution in [0.15, 0.2) is 18.2 Å². The van der Waals surface area contributed by atoms with Crippen molar-refractivity contribution in [3.8, 4) is 11.5 Å². The van der Waals surface area contributed by atoms with E-state index in [-0.39, 0.29) is 17.4 Å². The van der Waals surface area contributed by atoms with E-state index in [1.807, 2.05) is 55.8 Å². The molecule has 174 valence electrons. The van der Waals surface area contributed by atoms with E-state index < -0.39 is 0 Å². The van der Waals surface area contributed by atoms with Gasteiger partial charge in [-0.05, 0) is 51.9 Å². The molecule has 1 aliphatic rings. The SMILES string of the molecule is COc1ccc(CCN(C)CC(=O)N2CCN(CC(=O)NC(C)(C)C)CC2)cc1OC. The highest BCUT2D eigenvalue weighted by atomic mass is 16.5. The van der Waals surface area contributed by atoms with Crippen molar-refractivity contribution in [1.82, 2.24) is 20.0 Å². The van der Waals surface area contributed by atoms with Gasteiger partial charge in [0.25, 0.3) is 0 Å². The molecule has 0 radical (unpaired) electrons. The Balaban J connectivity index is 1.73. The van der Waals surface area contributed by atoms with Crippen LogP contribution >= 0.6 is 0 Å². The molecule has 0 aliphatic carbocycles. The molecule has 0 bridgehead atoms. The van der Waals surface area contributed by atoms with Crippen molar-refractivity contribution >= 4 is 11.8 Å². The second-order valence-electron chi connectivity index (χ2n) is 9.13. The van der Waals surface area contributed by atoms with E-state index in [0.29, 0.717) is 37.7 Å². The summed E-state index contributed by atoms with van der Waals surface area (Å²) in [6, 6.07) is 5.90. The van der Waals surface area contributed by atoms with E-state index >= 15 is 0 Å². The highest BCUT2D eigenvalue weighted by Gasteiger charge is 2.24. The summed E-state index contributed by atoms with van der Waals surface area (Å²) in [5, 5.41) is 2.98. The molecule has 1 aromatic rings. The number of nitrogens with one attached hydrogen (secondary N) is 1. The van der Waals surface area contributed by atoms with Crippen LogP contribution < -0.4 is 14.8 Å². The number of benzene rings is 1. The Morgan fingerprint density at radius 3 is 2.29 bits per heavy atom. The number of hydrogen-bond acceptors (Lipinski definition) is 6. The summed E-state index contributed by atoms with van der Waals surface area (Å²) >= 11 is 0. The Bertz CT molecular complexity index is 740. The van der Waals surface area contributed by atoms with E-state index in [1.54, 1.807) is 14.2 Å². The zero-order valence-electron chi connectivity index (χ0n) is 19.9. The van der Waals surface area contributed by atoms with Crippen LogP contribution in [0.5, 0.6) is 11.5 Å². The van der Waals surface area contributed by atoms with Crippen LogP contribution in [-0.4, -0.2) is 99.1 Å². The molecule has 8 heteroatoms. The van der Waals surface area contributed by atoms with Crippen molar-refractivity contribution < 1.29 is 19.1 Å². The van der Waals surface area contributed by atoms with E-state index in [2.05, 4.69) is 10.2 Å². The summed E-state index contributed by atoms with van der Waals surface area (Å²) < 4.78 is 10.6. The predicted molar refractivity (Wildman–Crippen MR) is 122 cm³/mol. The lowest BCUT2D eigenvalue weighted by Gasteiger charge is -2.35. The lowest BCUT2D eigenvalue weighted by Crippen LogP contribution is -2.54. The Kier molecular flexibility index (Phi) is 9.13. The summed E-state index contributed by atoms with van der Waals surface area (Å²) in [7, 11) is 5.21. The van der Waals surface area contributed by atoms with Gasteiger partial charge in [0.05, 0.1) is 27.3 Å². The first-order valence-electron chi connectivity index (χ1n) is 10.8. The minimum Gasteiger partial charge on any atom is -0.493 e. The minimum absolute atomic E-state index is 0.0298. The molecule has 0 atom stereocenters. The van der Waals surface area contributed by atoms with Gasteiger partial charge in [-0.1, -0.05) is 6.07 Å². The number of piperazine rings is 1. The van der Waals surface area contributed by atoms with Crippen molar-refractivity contribution in [2.45, 2.75) is 32.7 Å². The van der Waals surface area contributed by atoms with Crippen molar-refractivity contribution in [3.05, 3.63) is 23.8 Å². The number of ether oxygens (including phenoxy) is 2. The van der Waals surface area contributed by atoms with Gasteiger partial charge in [0.2, 0.25) is 11.8 Å². The summed E-state index contributed by atoms with van der Waals surface area (Å²) in [5.41, 5.74) is 0.912. The molecule has 0 spiro atoms. The smallest absolute Gasteiger partial charge is 0.236 e. The third-order valence-corrected chi connectivity index (χ3v) is 5.24. The first-order valence-corrected chi connectivity index (χ1v) is 10.8. The monoisotopic (exact) mass is 434 g/mol. The molecule has 1 saturated heterocycles. The van der Waals surface area contributed by atoms with Gasteiger partial charge in [0, 0.05) is 38.3 Å². The van der Waals surface area contributed by atoms with Gasteiger partial charge in [-0.15, -0.1) is 0 Å². The van der Waals surface area contributed by atoms with E-state index in [0.717, 1.165) is 31.6 Å². The molecular formula is C23H38N4O4. The molecule has 1 aromatic carbocycles. The molecule has 31 heavy (non-hydrogen) atoms. The zero-order valence-corrected chi connectivity index (χ0v) is 19.9. The quantitative estimate of drug-likeness (QED) is 0.630.